The van der Waals surface area contributed by atoms with Gasteiger partial charge >= 0.3 is 0 Å². The molecule has 1 aromatic heterocycles. The summed E-state index contributed by atoms with van der Waals surface area (Å²) in [5.74, 6) is -1.78. The van der Waals surface area contributed by atoms with Crippen molar-refractivity contribution in [2.45, 2.75) is 70.1 Å². The van der Waals surface area contributed by atoms with Gasteiger partial charge in [-0.1, -0.05) is 0 Å². The number of rotatable bonds is 5. The molecule has 3 heterocycles. The summed E-state index contributed by atoms with van der Waals surface area (Å²) in [7, 11) is 0. The first-order valence-electron chi connectivity index (χ1n) is 7.95. The second-order valence-corrected chi connectivity index (χ2v) is 7.86. The Morgan fingerprint density at radius 3 is 2.67 bits per heavy atom. The van der Waals surface area contributed by atoms with E-state index >= 15 is 0 Å². The van der Waals surface area contributed by atoms with Crippen LogP contribution in [0.5, 0.6) is 0 Å². The zero-order chi connectivity index (χ0) is 17.5. The quantitative estimate of drug-likeness (QED) is 0.803. The Kier molecular flexibility index (Phi) is 4.80. The van der Waals surface area contributed by atoms with Gasteiger partial charge in [-0.15, -0.1) is 11.3 Å². The van der Waals surface area contributed by atoms with Gasteiger partial charge in [-0.2, -0.15) is 0 Å². The van der Waals surface area contributed by atoms with Crippen molar-refractivity contribution in [3.05, 3.63) is 16.6 Å². The molecule has 2 fully saturated rings. The summed E-state index contributed by atoms with van der Waals surface area (Å²) >= 11 is 1.25. The maximum absolute atomic E-state index is 12.2. The lowest BCUT2D eigenvalue weighted by Crippen LogP contribution is -2.44. The Hall–Kier alpha value is -0.900. The number of nitrogens with zero attached hydrogens (tertiary/aromatic N) is 1. The molecule has 0 saturated carbocycles. The van der Waals surface area contributed by atoms with E-state index < -0.39 is 29.9 Å². The van der Waals surface area contributed by atoms with Crippen LogP contribution in [0.2, 0.25) is 0 Å². The monoisotopic (exact) mass is 357 g/mol. The van der Waals surface area contributed by atoms with Crippen LogP contribution in [0.4, 0.5) is 0 Å². The van der Waals surface area contributed by atoms with Crippen molar-refractivity contribution < 1.29 is 28.8 Å². The zero-order valence-corrected chi connectivity index (χ0v) is 15.0. The van der Waals surface area contributed by atoms with Crippen LogP contribution < -0.4 is 0 Å². The van der Waals surface area contributed by atoms with E-state index in [1.807, 2.05) is 13.8 Å². The molecule has 0 aromatic carbocycles. The van der Waals surface area contributed by atoms with Gasteiger partial charge in [-0.3, -0.25) is 4.79 Å². The molecule has 134 valence electrons. The van der Waals surface area contributed by atoms with E-state index in [-0.39, 0.29) is 18.3 Å². The summed E-state index contributed by atoms with van der Waals surface area (Å²) in [5.41, 5.74) is 0. The summed E-state index contributed by atoms with van der Waals surface area (Å²) < 4.78 is 23.2. The molecule has 2 saturated heterocycles. The maximum Gasteiger partial charge on any atom is 0.194 e. The van der Waals surface area contributed by atoms with Crippen LogP contribution in [-0.4, -0.2) is 58.5 Å². The van der Waals surface area contributed by atoms with Crippen LogP contribution >= 0.6 is 11.3 Å². The highest BCUT2D eigenvalue weighted by atomic mass is 32.1. The molecular weight excluding hydrogens is 334 g/mol. The first-order valence-corrected chi connectivity index (χ1v) is 8.83. The van der Waals surface area contributed by atoms with Gasteiger partial charge in [0.2, 0.25) is 0 Å². The molecule has 0 bridgehead atoms. The maximum atomic E-state index is 12.2. The smallest absolute Gasteiger partial charge is 0.194 e. The lowest BCUT2D eigenvalue weighted by molar-refractivity contribution is -0.175. The fraction of sp³-hybridized carbons (Fsp3) is 0.750. The fourth-order valence-electron chi connectivity index (χ4n) is 3.03. The van der Waals surface area contributed by atoms with Crippen LogP contribution in [0, 0.1) is 0 Å². The summed E-state index contributed by atoms with van der Waals surface area (Å²) in [6, 6.07) is 0. The second-order valence-electron chi connectivity index (χ2n) is 6.96. The van der Waals surface area contributed by atoms with Gasteiger partial charge in [0.25, 0.3) is 0 Å². The highest BCUT2D eigenvalue weighted by Gasteiger charge is 2.52. The van der Waals surface area contributed by atoms with E-state index in [1.54, 1.807) is 25.4 Å². The topological polar surface area (TPSA) is 87.1 Å². The minimum Gasteiger partial charge on any atom is -0.390 e. The molecule has 7 nitrogen and oxygen atoms in total. The first-order chi connectivity index (χ1) is 11.2. The van der Waals surface area contributed by atoms with Crippen molar-refractivity contribution >= 4 is 17.1 Å². The van der Waals surface area contributed by atoms with Crippen LogP contribution in [0.15, 0.2) is 11.6 Å². The molecule has 4 atom stereocenters. The number of aliphatic hydroxyl groups is 1. The third-order valence-corrected chi connectivity index (χ3v) is 4.82. The molecule has 0 radical (unpaired) electrons. The van der Waals surface area contributed by atoms with Gasteiger partial charge in [0, 0.05) is 18.0 Å². The fourth-order valence-corrected chi connectivity index (χ4v) is 3.62. The number of carbonyl (C=O) groups is 1. The minimum absolute atomic E-state index is 0.0783. The number of thiazole rings is 1. The molecule has 24 heavy (non-hydrogen) atoms. The van der Waals surface area contributed by atoms with Crippen molar-refractivity contribution in [3.8, 4) is 0 Å². The second kappa shape index (κ2) is 6.44. The molecule has 0 unspecified atom stereocenters. The van der Waals surface area contributed by atoms with Crippen molar-refractivity contribution in [1.82, 2.24) is 4.98 Å². The van der Waals surface area contributed by atoms with Crippen molar-refractivity contribution in [1.29, 1.82) is 0 Å². The van der Waals surface area contributed by atoms with Crippen molar-refractivity contribution in [3.63, 3.8) is 0 Å². The normalized spacial score (nSPS) is 32.8. The largest absolute Gasteiger partial charge is 0.390 e. The SMILES string of the molecule is CC1(C)O[C@H]([C@@H](O)CC(=O)c2nccs2)[C@@H]([C@H]2COC(C)(C)O2)O1. The lowest BCUT2D eigenvalue weighted by Gasteiger charge is -2.26. The molecule has 8 heteroatoms. The van der Waals surface area contributed by atoms with E-state index in [0.29, 0.717) is 11.6 Å². The molecule has 0 amide bonds. The average Bonchev–Trinajstić information content (AvgIpc) is 3.17. The Bertz CT molecular complexity index is 587. The molecule has 2 aliphatic heterocycles. The lowest BCUT2D eigenvalue weighted by atomic mass is 9.99. The highest BCUT2D eigenvalue weighted by Crippen LogP contribution is 2.37. The van der Waals surface area contributed by atoms with Gasteiger partial charge in [0.15, 0.2) is 22.4 Å². The molecule has 1 aromatic rings. The molecular formula is C16H23NO6S. The number of ether oxygens (including phenoxy) is 4. The summed E-state index contributed by atoms with van der Waals surface area (Å²) in [6.07, 6.45) is -1.08. The summed E-state index contributed by atoms with van der Waals surface area (Å²) in [4.78, 5) is 16.2. The number of Topliss-reactive ketones (excluding diaryl/α,β-unsaturated/α-hetero) is 1. The predicted molar refractivity (Wildman–Crippen MR) is 85.8 cm³/mol. The van der Waals surface area contributed by atoms with E-state index in [4.69, 9.17) is 18.9 Å². The predicted octanol–water partition coefficient (Wildman–Crippen LogP) is 1.75. The average molecular weight is 357 g/mol. The van der Waals surface area contributed by atoms with E-state index in [0.717, 1.165) is 0 Å². The highest BCUT2D eigenvalue weighted by molar-refractivity contribution is 7.11. The number of carbonyl (C=O) groups excluding carboxylic acids is 1. The van der Waals surface area contributed by atoms with Gasteiger partial charge in [-0.25, -0.2) is 4.98 Å². The van der Waals surface area contributed by atoms with Crippen LogP contribution in [0.1, 0.15) is 43.9 Å². The third kappa shape index (κ3) is 3.84. The van der Waals surface area contributed by atoms with Crippen LogP contribution in [-0.2, 0) is 18.9 Å². The first kappa shape index (κ1) is 17.9. The Labute approximate surface area is 144 Å². The van der Waals surface area contributed by atoms with E-state index in [1.165, 1.54) is 11.3 Å². The number of hydrogen-bond donors (Lipinski definition) is 1. The molecule has 0 spiro atoms. The van der Waals surface area contributed by atoms with Gasteiger partial charge in [-0.05, 0) is 27.7 Å². The number of aromatic nitrogens is 1. The Balaban J connectivity index is 1.70. The van der Waals surface area contributed by atoms with Crippen molar-refractivity contribution in [2.75, 3.05) is 6.61 Å². The van der Waals surface area contributed by atoms with Crippen LogP contribution in [0.25, 0.3) is 0 Å². The molecule has 1 N–H and O–H groups in total. The standard InChI is InChI=1S/C16H23NO6S/c1-15(2)20-8-11(21-15)13-12(22-16(3,4)23-13)9(18)7-10(19)14-17-5-6-24-14/h5-6,9,11-13,18H,7-8H2,1-4H3/t9-,11+,12+,13+/m0/s1. The molecule has 2 aliphatic rings. The van der Waals surface area contributed by atoms with E-state index in [9.17, 15) is 9.90 Å². The summed E-state index contributed by atoms with van der Waals surface area (Å²) in [6.45, 7) is 7.55. The van der Waals surface area contributed by atoms with Gasteiger partial charge < -0.3 is 24.1 Å². The van der Waals surface area contributed by atoms with Crippen LogP contribution in [0.3, 0.4) is 0 Å². The minimum atomic E-state index is -1.01. The third-order valence-electron chi connectivity index (χ3n) is 4.01. The zero-order valence-electron chi connectivity index (χ0n) is 14.2. The number of aliphatic hydroxyl groups excluding tert-OH is 1. The Morgan fingerprint density at radius 1 is 1.33 bits per heavy atom. The molecule has 0 aliphatic carbocycles. The number of hydrogen-bond acceptors (Lipinski definition) is 8. The summed E-state index contributed by atoms with van der Waals surface area (Å²) in [5, 5.41) is 12.7. The number of ketones is 1. The van der Waals surface area contributed by atoms with Crippen molar-refractivity contribution in [2.24, 2.45) is 0 Å². The van der Waals surface area contributed by atoms with E-state index in [2.05, 4.69) is 4.98 Å². The van der Waals surface area contributed by atoms with Gasteiger partial charge in [0.1, 0.15) is 18.3 Å². The van der Waals surface area contributed by atoms with Gasteiger partial charge in [0.05, 0.1) is 12.7 Å². The Morgan fingerprint density at radius 2 is 2.08 bits per heavy atom. The molecule has 3 rings (SSSR count).